The van der Waals surface area contributed by atoms with Crippen molar-refractivity contribution in [3.63, 3.8) is 0 Å². The van der Waals surface area contributed by atoms with Crippen molar-refractivity contribution in [1.29, 1.82) is 0 Å². The molecule has 0 spiro atoms. The van der Waals surface area contributed by atoms with Crippen molar-refractivity contribution in [3.05, 3.63) is 0 Å². The van der Waals surface area contributed by atoms with Gasteiger partial charge in [0.1, 0.15) is 0 Å². The molecule has 4 heteroatoms. The lowest BCUT2D eigenvalue weighted by Gasteiger charge is -2.26. The molecule has 1 unspecified atom stereocenters. The van der Waals surface area contributed by atoms with E-state index in [9.17, 15) is 4.79 Å². The summed E-state index contributed by atoms with van der Waals surface area (Å²) in [4.78, 5) is 12.1. The number of unbranched alkanes of at least 4 members (excludes halogenated alkanes) is 1. The minimum Gasteiger partial charge on any atom is -0.383 e. The van der Waals surface area contributed by atoms with Gasteiger partial charge < -0.3 is 15.8 Å². The Bertz CT molecular complexity index is 238. The molecule has 0 aliphatic heterocycles. The van der Waals surface area contributed by atoms with Gasteiger partial charge in [-0.2, -0.15) is 0 Å². The van der Waals surface area contributed by atoms with Crippen LogP contribution in [0.5, 0.6) is 0 Å². The number of rotatable bonds is 7. The Kier molecular flexibility index (Phi) is 5.92. The van der Waals surface area contributed by atoms with Gasteiger partial charge in [0.15, 0.2) is 0 Å². The molecule has 0 aromatic rings. The van der Waals surface area contributed by atoms with Crippen LogP contribution in [0, 0.1) is 0 Å². The van der Waals surface area contributed by atoms with Crippen molar-refractivity contribution in [2.24, 2.45) is 5.73 Å². The van der Waals surface area contributed by atoms with E-state index in [0.29, 0.717) is 6.61 Å². The predicted molar refractivity (Wildman–Crippen MR) is 68.7 cm³/mol. The second-order valence-corrected chi connectivity index (χ2v) is 5.13. The smallest absolute Gasteiger partial charge is 0.240 e. The second-order valence-electron chi connectivity index (χ2n) is 5.13. The lowest BCUT2D eigenvalue weighted by Crippen LogP contribution is -2.55. The minimum absolute atomic E-state index is 0.00755. The zero-order valence-electron chi connectivity index (χ0n) is 11.1. The molecule has 0 aromatic heterocycles. The summed E-state index contributed by atoms with van der Waals surface area (Å²) in [5.74, 6) is 0.00755. The summed E-state index contributed by atoms with van der Waals surface area (Å²) in [5.41, 5.74) is 5.50. The van der Waals surface area contributed by atoms with Gasteiger partial charge in [0, 0.05) is 7.11 Å². The number of amides is 1. The SMILES string of the molecule is CCCCC(COC)NC(=O)C1(N)CCCC1. The van der Waals surface area contributed by atoms with Crippen molar-refractivity contribution >= 4 is 5.91 Å². The van der Waals surface area contributed by atoms with Crippen LogP contribution in [0.3, 0.4) is 0 Å². The predicted octanol–water partition coefficient (Wildman–Crippen LogP) is 1.58. The first-order valence-corrected chi connectivity index (χ1v) is 6.71. The molecular formula is C13H26N2O2. The third kappa shape index (κ3) is 4.28. The summed E-state index contributed by atoms with van der Waals surface area (Å²) in [5, 5.41) is 3.05. The molecular weight excluding hydrogens is 216 g/mol. The first-order chi connectivity index (χ1) is 8.12. The third-order valence-electron chi connectivity index (χ3n) is 3.56. The van der Waals surface area contributed by atoms with E-state index in [1.807, 2.05) is 0 Å². The maximum absolute atomic E-state index is 12.1. The fourth-order valence-corrected chi connectivity index (χ4v) is 2.41. The van der Waals surface area contributed by atoms with Crippen molar-refractivity contribution < 1.29 is 9.53 Å². The first-order valence-electron chi connectivity index (χ1n) is 6.71. The molecule has 1 saturated carbocycles. The van der Waals surface area contributed by atoms with Gasteiger partial charge >= 0.3 is 0 Å². The normalized spacial score (nSPS) is 20.2. The van der Waals surface area contributed by atoms with Gasteiger partial charge in [0.2, 0.25) is 5.91 Å². The maximum Gasteiger partial charge on any atom is 0.240 e. The highest BCUT2D eigenvalue weighted by Gasteiger charge is 2.37. The van der Waals surface area contributed by atoms with E-state index in [-0.39, 0.29) is 11.9 Å². The number of nitrogens with two attached hydrogens (primary N) is 1. The van der Waals surface area contributed by atoms with Crippen LogP contribution < -0.4 is 11.1 Å². The summed E-state index contributed by atoms with van der Waals surface area (Å²) in [6.45, 7) is 2.72. The van der Waals surface area contributed by atoms with E-state index in [2.05, 4.69) is 12.2 Å². The van der Waals surface area contributed by atoms with E-state index < -0.39 is 5.54 Å². The van der Waals surface area contributed by atoms with Gasteiger partial charge in [0.05, 0.1) is 18.2 Å². The van der Waals surface area contributed by atoms with Crippen LogP contribution >= 0.6 is 0 Å². The van der Waals surface area contributed by atoms with Gasteiger partial charge in [0.25, 0.3) is 0 Å². The Hall–Kier alpha value is -0.610. The van der Waals surface area contributed by atoms with Gasteiger partial charge in [-0.3, -0.25) is 4.79 Å². The van der Waals surface area contributed by atoms with Crippen LogP contribution in [-0.4, -0.2) is 31.2 Å². The molecule has 0 radical (unpaired) electrons. The Morgan fingerprint density at radius 2 is 2.12 bits per heavy atom. The highest BCUT2D eigenvalue weighted by Crippen LogP contribution is 2.27. The molecule has 100 valence electrons. The highest BCUT2D eigenvalue weighted by molar-refractivity contribution is 5.86. The fraction of sp³-hybridized carbons (Fsp3) is 0.923. The van der Waals surface area contributed by atoms with Gasteiger partial charge in [-0.1, -0.05) is 32.6 Å². The molecule has 0 bridgehead atoms. The Balaban J connectivity index is 2.44. The number of hydrogen-bond acceptors (Lipinski definition) is 3. The number of carbonyl (C=O) groups excluding carboxylic acids is 1. The van der Waals surface area contributed by atoms with Gasteiger partial charge in [-0.15, -0.1) is 0 Å². The minimum atomic E-state index is -0.627. The van der Waals surface area contributed by atoms with Crippen LogP contribution in [0.4, 0.5) is 0 Å². The number of hydrogen-bond donors (Lipinski definition) is 2. The summed E-state index contributed by atoms with van der Waals surface area (Å²) >= 11 is 0. The lowest BCUT2D eigenvalue weighted by atomic mass is 9.97. The molecule has 1 fully saturated rings. The molecule has 1 rings (SSSR count). The summed E-state index contributed by atoms with van der Waals surface area (Å²) in [6, 6.07) is 0.105. The van der Waals surface area contributed by atoms with Crippen LogP contribution in [-0.2, 0) is 9.53 Å². The molecule has 4 nitrogen and oxygen atoms in total. The molecule has 3 N–H and O–H groups in total. The monoisotopic (exact) mass is 242 g/mol. The molecule has 17 heavy (non-hydrogen) atoms. The van der Waals surface area contributed by atoms with Gasteiger partial charge in [-0.25, -0.2) is 0 Å². The maximum atomic E-state index is 12.1. The van der Waals surface area contributed by atoms with Crippen molar-refractivity contribution in [2.75, 3.05) is 13.7 Å². The molecule has 0 aromatic carbocycles. The number of nitrogens with one attached hydrogen (secondary N) is 1. The van der Waals surface area contributed by atoms with Crippen molar-refractivity contribution in [1.82, 2.24) is 5.32 Å². The fourth-order valence-electron chi connectivity index (χ4n) is 2.41. The lowest BCUT2D eigenvalue weighted by molar-refractivity contribution is -0.127. The molecule has 1 aliphatic carbocycles. The topological polar surface area (TPSA) is 64.3 Å². The number of carbonyl (C=O) groups is 1. The highest BCUT2D eigenvalue weighted by atomic mass is 16.5. The van der Waals surface area contributed by atoms with E-state index in [4.69, 9.17) is 10.5 Å². The Morgan fingerprint density at radius 1 is 1.47 bits per heavy atom. The summed E-state index contributed by atoms with van der Waals surface area (Å²) in [6.07, 6.45) is 6.95. The number of methoxy groups -OCH3 is 1. The average Bonchev–Trinajstić information content (AvgIpc) is 2.74. The largest absolute Gasteiger partial charge is 0.383 e. The van der Waals surface area contributed by atoms with Crippen molar-refractivity contribution in [3.8, 4) is 0 Å². The Morgan fingerprint density at radius 3 is 2.65 bits per heavy atom. The summed E-state index contributed by atoms with van der Waals surface area (Å²) in [7, 11) is 1.67. The Labute approximate surface area is 104 Å². The molecule has 1 amide bonds. The first kappa shape index (κ1) is 14.5. The van der Waals surface area contributed by atoms with Crippen molar-refractivity contribution in [2.45, 2.75) is 63.5 Å². The quantitative estimate of drug-likeness (QED) is 0.712. The van der Waals surface area contributed by atoms with Crippen LogP contribution in [0.2, 0.25) is 0 Å². The van der Waals surface area contributed by atoms with Gasteiger partial charge in [-0.05, 0) is 19.3 Å². The van der Waals surface area contributed by atoms with E-state index in [1.54, 1.807) is 7.11 Å². The molecule has 0 heterocycles. The van der Waals surface area contributed by atoms with Crippen LogP contribution in [0.1, 0.15) is 51.9 Å². The van der Waals surface area contributed by atoms with E-state index in [1.165, 1.54) is 0 Å². The summed E-state index contributed by atoms with van der Waals surface area (Å²) < 4.78 is 5.14. The van der Waals surface area contributed by atoms with E-state index in [0.717, 1.165) is 44.9 Å². The third-order valence-corrected chi connectivity index (χ3v) is 3.56. The second kappa shape index (κ2) is 6.97. The zero-order chi connectivity index (χ0) is 12.7. The molecule has 1 aliphatic rings. The van der Waals surface area contributed by atoms with Crippen LogP contribution in [0.25, 0.3) is 0 Å². The average molecular weight is 242 g/mol. The zero-order valence-corrected chi connectivity index (χ0v) is 11.1. The molecule has 1 atom stereocenters. The molecule has 0 saturated heterocycles. The number of ether oxygens (including phenoxy) is 1. The standard InChI is InChI=1S/C13H26N2O2/c1-3-4-7-11(10-17-2)15-12(16)13(14)8-5-6-9-13/h11H,3-10,14H2,1-2H3,(H,15,16). The van der Waals surface area contributed by atoms with Crippen LogP contribution in [0.15, 0.2) is 0 Å². The van der Waals surface area contributed by atoms with E-state index >= 15 is 0 Å².